The Labute approximate surface area is 145 Å². The molecule has 1 aliphatic carbocycles. The van der Waals surface area contributed by atoms with Crippen LogP contribution >= 0.6 is 0 Å². The average molecular weight is 338 g/mol. The van der Waals surface area contributed by atoms with E-state index in [1.54, 1.807) is 6.07 Å². The van der Waals surface area contributed by atoms with Gasteiger partial charge in [-0.2, -0.15) is 0 Å². The molecule has 2 aromatic rings. The topological polar surface area (TPSA) is 46.5 Å². The molecule has 4 heteroatoms. The molecule has 1 spiro atoms. The quantitative estimate of drug-likeness (QED) is 0.789. The predicted molar refractivity (Wildman–Crippen MR) is 93.4 cm³/mol. The molecule has 128 valence electrons. The normalized spacial score (nSPS) is 18.9. The number of rotatable bonds is 2. The summed E-state index contributed by atoms with van der Waals surface area (Å²) in [4.78, 5) is 12.5. The van der Waals surface area contributed by atoms with Crippen molar-refractivity contribution in [2.75, 3.05) is 0 Å². The largest absolute Gasteiger partial charge is 0.507 e. The van der Waals surface area contributed by atoms with E-state index in [2.05, 4.69) is 0 Å². The van der Waals surface area contributed by atoms with Crippen LogP contribution in [0.2, 0.25) is 0 Å². The van der Waals surface area contributed by atoms with Gasteiger partial charge in [-0.15, -0.1) is 0 Å². The van der Waals surface area contributed by atoms with Crippen molar-refractivity contribution in [2.45, 2.75) is 38.2 Å². The highest BCUT2D eigenvalue weighted by molar-refractivity contribution is 6.20. The molecule has 1 N–H and O–H groups in total. The van der Waals surface area contributed by atoms with Crippen molar-refractivity contribution in [1.82, 2.24) is 0 Å². The number of hydrogen-bond acceptors (Lipinski definition) is 3. The molecule has 1 saturated carbocycles. The van der Waals surface area contributed by atoms with Crippen LogP contribution in [0.25, 0.3) is 16.7 Å². The van der Waals surface area contributed by atoms with Crippen LogP contribution in [0.3, 0.4) is 0 Å². The smallest absolute Gasteiger partial charge is 0.343 e. The second-order valence-electron chi connectivity index (χ2n) is 6.85. The van der Waals surface area contributed by atoms with Gasteiger partial charge in [0.25, 0.3) is 0 Å². The molecule has 0 atom stereocenters. The minimum Gasteiger partial charge on any atom is -0.507 e. The van der Waals surface area contributed by atoms with Crippen LogP contribution in [-0.4, -0.2) is 16.7 Å². The van der Waals surface area contributed by atoms with E-state index in [-0.39, 0.29) is 17.1 Å². The Hall–Kier alpha value is -2.62. The van der Waals surface area contributed by atoms with E-state index in [1.807, 2.05) is 31.2 Å². The maximum Gasteiger partial charge on any atom is 0.343 e. The van der Waals surface area contributed by atoms with Gasteiger partial charge in [-0.25, -0.2) is 9.18 Å². The van der Waals surface area contributed by atoms with Gasteiger partial charge in [0.05, 0.1) is 0 Å². The third kappa shape index (κ3) is 2.53. The maximum absolute atomic E-state index is 13.5. The van der Waals surface area contributed by atoms with E-state index in [1.165, 1.54) is 12.1 Å². The minimum absolute atomic E-state index is 0.0505. The number of benzene rings is 2. The number of halogens is 1. The molecule has 0 bridgehead atoms. The Morgan fingerprint density at radius 2 is 1.80 bits per heavy atom. The Morgan fingerprint density at radius 1 is 1.08 bits per heavy atom. The van der Waals surface area contributed by atoms with E-state index >= 15 is 0 Å². The SMILES string of the molecule is Cc1ccc(-c2cccc(F)c2)cc1C1=C(O)C2(CCCC2)OC1=O. The first-order valence-electron chi connectivity index (χ1n) is 8.54. The Morgan fingerprint density at radius 3 is 2.52 bits per heavy atom. The molecular weight excluding hydrogens is 319 g/mol. The summed E-state index contributed by atoms with van der Waals surface area (Å²) in [6.45, 7) is 1.89. The number of ether oxygens (including phenoxy) is 1. The summed E-state index contributed by atoms with van der Waals surface area (Å²) in [6.07, 6.45) is 3.20. The molecule has 1 heterocycles. The fourth-order valence-corrected chi connectivity index (χ4v) is 3.86. The van der Waals surface area contributed by atoms with E-state index in [4.69, 9.17) is 4.74 Å². The summed E-state index contributed by atoms with van der Waals surface area (Å²) in [5, 5.41) is 10.8. The monoisotopic (exact) mass is 338 g/mol. The number of carbonyl (C=O) groups excluding carboxylic acids is 1. The van der Waals surface area contributed by atoms with Gasteiger partial charge in [0.1, 0.15) is 11.4 Å². The molecule has 0 unspecified atom stereocenters. The summed E-state index contributed by atoms with van der Waals surface area (Å²) in [6, 6.07) is 11.9. The van der Waals surface area contributed by atoms with Crippen molar-refractivity contribution >= 4 is 11.5 Å². The van der Waals surface area contributed by atoms with Gasteiger partial charge in [-0.1, -0.05) is 24.3 Å². The van der Waals surface area contributed by atoms with Gasteiger partial charge < -0.3 is 9.84 Å². The van der Waals surface area contributed by atoms with Crippen molar-refractivity contribution in [2.24, 2.45) is 0 Å². The third-order valence-electron chi connectivity index (χ3n) is 5.24. The first kappa shape index (κ1) is 15.9. The molecule has 2 aromatic carbocycles. The second-order valence-corrected chi connectivity index (χ2v) is 6.85. The zero-order chi connectivity index (χ0) is 17.6. The summed E-state index contributed by atoms with van der Waals surface area (Å²) < 4.78 is 19.1. The fourth-order valence-electron chi connectivity index (χ4n) is 3.86. The Bertz CT molecular complexity index is 892. The lowest BCUT2D eigenvalue weighted by Crippen LogP contribution is -2.27. The minimum atomic E-state index is -0.840. The molecule has 25 heavy (non-hydrogen) atoms. The number of carbonyl (C=O) groups is 1. The fraction of sp³-hybridized carbons (Fsp3) is 0.286. The predicted octanol–water partition coefficient (Wildman–Crippen LogP) is 4.94. The van der Waals surface area contributed by atoms with Crippen LogP contribution in [0.15, 0.2) is 48.2 Å². The lowest BCUT2D eigenvalue weighted by Gasteiger charge is -2.21. The van der Waals surface area contributed by atoms with Crippen molar-refractivity contribution in [1.29, 1.82) is 0 Å². The van der Waals surface area contributed by atoms with Crippen molar-refractivity contribution in [3.63, 3.8) is 0 Å². The molecule has 1 fully saturated rings. The van der Waals surface area contributed by atoms with Gasteiger partial charge in [-0.3, -0.25) is 0 Å². The van der Waals surface area contributed by atoms with Gasteiger partial charge in [0, 0.05) is 0 Å². The number of aryl methyl sites for hydroxylation is 1. The number of hydrogen-bond donors (Lipinski definition) is 1. The van der Waals surface area contributed by atoms with Crippen molar-refractivity contribution in [3.05, 3.63) is 65.2 Å². The second kappa shape index (κ2) is 5.73. The van der Waals surface area contributed by atoms with Gasteiger partial charge >= 0.3 is 5.97 Å². The molecule has 3 nitrogen and oxygen atoms in total. The van der Waals surface area contributed by atoms with Crippen molar-refractivity contribution < 1.29 is 19.0 Å². The van der Waals surface area contributed by atoms with Crippen LogP contribution in [0.4, 0.5) is 4.39 Å². The zero-order valence-electron chi connectivity index (χ0n) is 14.0. The zero-order valence-corrected chi connectivity index (χ0v) is 14.0. The van der Waals surface area contributed by atoms with Crippen LogP contribution in [0, 0.1) is 12.7 Å². The lowest BCUT2D eigenvalue weighted by atomic mass is 9.91. The van der Waals surface area contributed by atoms with Crippen molar-refractivity contribution in [3.8, 4) is 11.1 Å². The number of aliphatic hydroxyl groups excluding tert-OH is 1. The maximum atomic E-state index is 13.5. The van der Waals surface area contributed by atoms with Gasteiger partial charge in [-0.05, 0) is 73.1 Å². The number of aliphatic hydroxyl groups is 1. The van der Waals surface area contributed by atoms with Crippen LogP contribution in [-0.2, 0) is 9.53 Å². The average Bonchev–Trinajstić information content (AvgIpc) is 3.14. The highest BCUT2D eigenvalue weighted by atomic mass is 19.1. The van der Waals surface area contributed by atoms with E-state index in [9.17, 15) is 14.3 Å². The van der Waals surface area contributed by atoms with E-state index < -0.39 is 11.6 Å². The first-order chi connectivity index (χ1) is 12.0. The number of esters is 1. The lowest BCUT2D eigenvalue weighted by molar-refractivity contribution is -0.146. The van der Waals surface area contributed by atoms with E-state index in [0.29, 0.717) is 18.4 Å². The molecule has 0 aromatic heterocycles. The first-order valence-corrected chi connectivity index (χ1v) is 8.54. The van der Waals surface area contributed by atoms with Crippen LogP contribution in [0.5, 0.6) is 0 Å². The third-order valence-corrected chi connectivity index (χ3v) is 5.24. The van der Waals surface area contributed by atoms with Gasteiger partial charge in [0.2, 0.25) is 0 Å². The molecule has 0 radical (unpaired) electrons. The summed E-state index contributed by atoms with van der Waals surface area (Å²) in [7, 11) is 0. The molecular formula is C21H19FO3. The Kier molecular flexibility index (Phi) is 3.64. The molecule has 2 aliphatic rings. The van der Waals surface area contributed by atoms with Crippen LogP contribution < -0.4 is 0 Å². The van der Waals surface area contributed by atoms with E-state index in [0.717, 1.165) is 29.5 Å². The molecule has 1 aliphatic heterocycles. The summed E-state index contributed by atoms with van der Waals surface area (Å²) in [5.74, 6) is -0.736. The highest BCUT2D eigenvalue weighted by Crippen LogP contribution is 2.47. The Balaban J connectivity index is 1.84. The standard InChI is InChI=1S/C21H19FO3/c1-13-7-8-15(14-5-4-6-16(22)11-14)12-17(13)18-19(23)21(25-20(18)24)9-2-3-10-21/h4-8,11-12,23H,2-3,9-10H2,1H3. The highest BCUT2D eigenvalue weighted by Gasteiger charge is 2.50. The molecule has 0 amide bonds. The summed E-state index contributed by atoms with van der Waals surface area (Å²) >= 11 is 0. The summed E-state index contributed by atoms with van der Waals surface area (Å²) in [5.41, 5.74) is 2.44. The molecule has 0 saturated heterocycles. The van der Waals surface area contributed by atoms with Gasteiger partial charge in [0.15, 0.2) is 11.4 Å². The van der Waals surface area contributed by atoms with Crippen LogP contribution in [0.1, 0.15) is 36.8 Å². The molecule has 4 rings (SSSR count).